The first-order valence-corrected chi connectivity index (χ1v) is 4.70. The molecule has 0 spiro atoms. The Morgan fingerprint density at radius 2 is 1.94 bits per heavy atom. The first kappa shape index (κ1) is 15.3. The van der Waals surface area contributed by atoms with E-state index in [9.17, 15) is 8.78 Å². The van der Waals surface area contributed by atoms with Crippen LogP contribution in [0.4, 0.5) is 8.78 Å². The lowest BCUT2D eigenvalue weighted by Gasteiger charge is -2.29. The second kappa shape index (κ2) is 5.57. The molecule has 5 heteroatoms. The van der Waals surface area contributed by atoms with E-state index >= 15 is 0 Å². The van der Waals surface area contributed by atoms with Crippen LogP contribution >= 0.6 is 12.4 Å². The summed E-state index contributed by atoms with van der Waals surface area (Å²) in [5.41, 5.74) is 5.19. The normalized spacial score (nSPS) is 13.1. The molecule has 3 N–H and O–H groups in total. The van der Waals surface area contributed by atoms with Crippen molar-refractivity contribution in [3.63, 3.8) is 0 Å². The molecule has 16 heavy (non-hydrogen) atoms. The smallest absolute Gasteiger partial charge is 0.128 e. The minimum absolute atomic E-state index is 0. The molecule has 0 aliphatic rings. The van der Waals surface area contributed by atoms with Crippen molar-refractivity contribution < 1.29 is 13.9 Å². The molecule has 0 heterocycles. The van der Waals surface area contributed by atoms with E-state index in [-0.39, 0.29) is 24.6 Å². The lowest BCUT2D eigenvalue weighted by Crippen LogP contribution is -2.33. The van der Waals surface area contributed by atoms with Gasteiger partial charge in [-0.3, -0.25) is 0 Å². The Bertz CT molecular complexity index is 358. The van der Waals surface area contributed by atoms with Crippen molar-refractivity contribution in [2.75, 3.05) is 6.61 Å². The molecule has 92 valence electrons. The largest absolute Gasteiger partial charge is 0.396 e. The molecule has 0 saturated heterocycles. The lowest BCUT2D eigenvalue weighted by atomic mass is 9.81. The number of hydrogen-bond acceptors (Lipinski definition) is 2. The van der Waals surface area contributed by atoms with Gasteiger partial charge in [-0.1, -0.05) is 13.8 Å². The highest BCUT2D eigenvalue weighted by atomic mass is 35.5. The topological polar surface area (TPSA) is 46.2 Å². The van der Waals surface area contributed by atoms with E-state index in [1.807, 2.05) is 0 Å². The van der Waals surface area contributed by atoms with Crippen molar-refractivity contribution in [3.05, 3.63) is 35.4 Å². The Morgan fingerprint density at radius 1 is 1.38 bits per heavy atom. The van der Waals surface area contributed by atoms with E-state index in [0.717, 1.165) is 18.2 Å². The summed E-state index contributed by atoms with van der Waals surface area (Å²) >= 11 is 0. The number of halogens is 3. The summed E-state index contributed by atoms with van der Waals surface area (Å²) in [6, 6.07) is 2.41. The van der Waals surface area contributed by atoms with Gasteiger partial charge in [-0.25, -0.2) is 8.78 Å². The summed E-state index contributed by atoms with van der Waals surface area (Å²) in [4.78, 5) is 0. The van der Waals surface area contributed by atoms with Gasteiger partial charge in [-0.05, 0) is 18.2 Å². The molecule has 0 aliphatic carbocycles. The molecule has 0 bridgehead atoms. The van der Waals surface area contributed by atoms with Crippen molar-refractivity contribution in [1.29, 1.82) is 0 Å². The summed E-state index contributed by atoms with van der Waals surface area (Å²) in [6.07, 6.45) is 0. The van der Waals surface area contributed by atoms with Crippen molar-refractivity contribution in [3.8, 4) is 0 Å². The first-order valence-electron chi connectivity index (χ1n) is 4.70. The van der Waals surface area contributed by atoms with E-state index in [4.69, 9.17) is 10.8 Å². The van der Waals surface area contributed by atoms with Gasteiger partial charge in [0.1, 0.15) is 11.6 Å². The summed E-state index contributed by atoms with van der Waals surface area (Å²) in [6.45, 7) is 3.20. The molecular formula is C11H16ClF2NO. The van der Waals surface area contributed by atoms with Crippen LogP contribution in [0, 0.1) is 17.0 Å². The van der Waals surface area contributed by atoms with Crippen LogP contribution in [0.1, 0.15) is 25.5 Å². The van der Waals surface area contributed by atoms with E-state index in [2.05, 4.69) is 0 Å². The number of aliphatic hydroxyl groups excluding tert-OH is 1. The fourth-order valence-electron chi connectivity index (χ4n) is 1.27. The van der Waals surface area contributed by atoms with Crippen LogP contribution in [0.25, 0.3) is 0 Å². The number of benzene rings is 1. The molecular weight excluding hydrogens is 236 g/mol. The van der Waals surface area contributed by atoms with E-state index < -0.39 is 23.1 Å². The molecule has 1 rings (SSSR count). The quantitative estimate of drug-likeness (QED) is 0.867. The zero-order valence-corrected chi connectivity index (χ0v) is 10.0. The van der Waals surface area contributed by atoms with E-state index in [1.165, 1.54) is 0 Å². The third-order valence-corrected chi connectivity index (χ3v) is 2.54. The maximum atomic E-state index is 13.4. The van der Waals surface area contributed by atoms with E-state index in [0.29, 0.717) is 0 Å². The van der Waals surface area contributed by atoms with E-state index in [1.54, 1.807) is 13.8 Å². The Balaban J connectivity index is 0.00000225. The van der Waals surface area contributed by atoms with Gasteiger partial charge in [-0.15, -0.1) is 12.4 Å². The molecule has 0 amide bonds. The van der Waals surface area contributed by atoms with Crippen molar-refractivity contribution >= 4 is 12.4 Å². The maximum Gasteiger partial charge on any atom is 0.128 e. The maximum absolute atomic E-state index is 13.4. The zero-order valence-electron chi connectivity index (χ0n) is 9.21. The minimum Gasteiger partial charge on any atom is -0.396 e. The van der Waals surface area contributed by atoms with Crippen molar-refractivity contribution in [2.45, 2.75) is 19.9 Å². The average molecular weight is 252 g/mol. The molecule has 1 aromatic rings. The van der Waals surface area contributed by atoms with Crippen LogP contribution in [0.15, 0.2) is 18.2 Å². The second-order valence-corrected chi connectivity index (χ2v) is 4.29. The van der Waals surface area contributed by atoms with Crippen molar-refractivity contribution in [2.24, 2.45) is 11.1 Å². The molecule has 2 nitrogen and oxygen atoms in total. The highest BCUT2D eigenvalue weighted by Gasteiger charge is 2.29. The Morgan fingerprint density at radius 3 is 2.44 bits per heavy atom. The molecule has 0 radical (unpaired) electrons. The monoisotopic (exact) mass is 251 g/mol. The molecule has 0 unspecified atom stereocenters. The highest BCUT2D eigenvalue weighted by Crippen LogP contribution is 2.32. The Hall–Kier alpha value is -0.710. The Kier molecular flexibility index (Phi) is 5.32. The lowest BCUT2D eigenvalue weighted by molar-refractivity contribution is 0.130. The number of hydrogen-bond donors (Lipinski definition) is 2. The number of rotatable bonds is 3. The van der Waals surface area contributed by atoms with Crippen LogP contribution in [0.2, 0.25) is 0 Å². The van der Waals surface area contributed by atoms with Gasteiger partial charge in [0.25, 0.3) is 0 Å². The summed E-state index contributed by atoms with van der Waals surface area (Å²) in [5, 5.41) is 9.09. The van der Waals surface area contributed by atoms with Gasteiger partial charge in [0.05, 0.1) is 0 Å². The zero-order chi connectivity index (χ0) is 11.6. The highest BCUT2D eigenvalue weighted by molar-refractivity contribution is 5.85. The van der Waals surface area contributed by atoms with Gasteiger partial charge in [0, 0.05) is 23.6 Å². The summed E-state index contributed by atoms with van der Waals surface area (Å²) < 4.78 is 26.3. The molecule has 0 fully saturated rings. The molecule has 0 saturated carbocycles. The summed E-state index contributed by atoms with van der Waals surface area (Å²) in [5.74, 6) is -1.08. The van der Waals surface area contributed by atoms with Gasteiger partial charge in [-0.2, -0.15) is 0 Å². The van der Waals surface area contributed by atoms with Crippen LogP contribution in [-0.2, 0) is 0 Å². The standard InChI is InChI=1S/C11H15F2NO.ClH/c1-11(2,6-15)10(14)8-5-7(12)3-4-9(8)13;/h3-5,10,15H,6,14H2,1-2H3;1H/t10-;/m1./s1. The van der Waals surface area contributed by atoms with Gasteiger partial charge in [0.2, 0.25) is 0 Å². The molecule has 1 atom stereocenters. The van der Waals surface area contributed by atoms with Crippen molar-refractivity contribution in [1.82, 2.24) is 0 Å². The molecule has 0 aromatic heterocycles. The first-order chi connectivity index (χ1) is 6.88. The SMILES string of the molecule is CC(C)(CO)[C@H](N)c1cc(F)ccc1F.Cl. The van der Waals surface area contributed by atoms with Gasteiger partial charge in [0.15, 0.2) is 0 Å². The Labute approximate surface area is 99.9 Å². The number of nitrogens with two attached hydrogens (primary N) is 1. The third kappa shape index (κ3) is 3.14. The third-order valence-electron chi connectivity index (χ3n) is 2.54. The van der Waals surface area contributed by atoms with Crippen LogP contribution < -0.4 is 5.73 Å². The van der Waals surface area contributed by atoms with Crippen LogP contribution in [0.3, 0.4) is 0 Å². The van der Waals surface area contributed by atoms with Crippen LogP contribution in [-0.4, -0.2) is 11.7 Å². The predicted molar refractivity (Wildman–Crippen MR) is 61.4 cm³/mol. The van der Waals surface area contributed by atoms with Crippen LogP contribution in [0.5, 0.6) is 0 Å². The average Bonchev–Trinajstić information content (AvgIpc) is 2.20. The summed E-state index contributed by atoms with van der Waals surface area (Å²) in [7, 11) is 0. The predicted octanol–water partition coefficient (Wildman–Crippen LogP) is 2.40. The molecule has 0 aliphatic heterocycles. The molecule has 1 aromatic carbocycles. The minimum atomic E-state index is -0.738. The van der Waals surface area contributed by atoms with Gasteiger partial charge < -0.3 is 10.8 Å². The number of aliphatic hydroxyl groups is 1. The fourth-order valence-corrected chi connectivity index (χ4v) is 1.27. The second-order valence-electron chi connectivity index (χ2n) is 4.29. The fraction of sp³-hybridized carbons (Fsp3) is 0.455. The van der Waals surface area contributed by atoms with Gasteiger partial charge >= 0.3 is 0 Å².